The Morgan fingerprint density at radius 2 is 2.07 bits per heavy atom. The van der Waals surface area contributed by atoms with Crippen LogP contribution in [0.5, 0.6) is 0 Å². The lowest BCUT2D eigenvalue weighted by Gasteiger charge is -2.29. The standard InChI is InChI=1S/C12H21NO2/c1-15-11(14)12(8-13,10-4-5-10)7-6-9-2-3-9/h9-10H,2-8,13H2,1H3. The summed E-state index contributed by atoms with van der Waals surface area (Å²) in [6.45, 7) is 0.455. The van der Waals surface area contributed by atoms with Gasteiger partial charge in [-0.1, -0.05) is 12.8 Å². The first-order valence-electron chi connectivity index (χ1n) is 6.01. The summed E-state index contributed by atoms with van der Waals surface area (Å²) in [6.07, 6.45) is 7.07. The van der Waals surface area contributed by atoms with E-state index in [0.29, 0.717) is 12.5 Å². The highest BCUT2D eigenvalue weighted by atomic mass is 16.5. The summed E-state index contributed by atoms with van der Waals surface area (Å²) >= 11 is 0. The van der Waals surface area contributed by atoms with Crippen molar-refractivity contribution in [3.63, 3.8) is 0 Å². The molecule has 0 radical (unpaired) electrons. The normalized spacial score (nSPS) is 24.7. The van der Waals surface area contributed by atoms with Crippen LogP contribution in [0.25, 0.3) is 0 Å². The molecule has 0 spiro atoms. The Balaban J connectivity index is 2.00. The Hall–Kier alpha value is -0.570. The summed E-state index contributed by atoms with van der Waals surface area (Å²) in [5.74, 6) is 1.28. The smallest absolute Gasteiger partial charge is 0.313 e. The van der Waals surface area contributed by atoms with Crippen molar-refractivity contribution < 1.29 is 9.53 Å². The molecule has 3 nitrogen and oxygen atoms in total. The van der Waals surface area contributed by atoms with E-state index in [-0.39, 0.29) is 11.4 Å². The molecule has 3 heteroatoms. The van der Waals surface area contributed by atoms with E-state index in [2.05, 4.69) is 0 Å². The van der Waals surface area contributed by atoms with Crippen LogP contribution < -0.4 is 5.73 Å². The third-order valence-electron chi connectivity index (χ3n) is 4.01. The number of hydrogen-bond acceptors (Lipinski definition) is 3. The Kier molecular flexibility index (Phi) is 3.01. The van der Waals surface area contributed by atoms with Crippen LogP contribution in [0.15, 0.2) is 0 Å². The van der Waals surface area contributed by atoms with Gasteiger partial charge >= 0.3 is 5.97 Å². The molecular weight excluding hydrogens is 190 g/mol. The van der Waals surface area contributed by atoms with Gasteiger partial charge in [0.15, 0.2) is 0 Å². The van der Waals surface area contributed by atoms with Gasteiger partial charge in [-0.05, 0) is 37.5 Å². The van der Waals surface area contributed by atoms with Gasteiger partial charge in [-0.25, -0.2) is 0 Å². The van der Waals surface area contributed by atoms with E-state index in [1.807, 2.05) is 0 Å². The predicted octanol–water partition coefficient (Wildman–Crippen LogP) is 1.70. The summed E-state index contributed by atoms with van der Waals surface area (Å²) in [5.41, 5.74) is 5.48. The fraction of sp³-hybridized carbons (Fsp3) is 0.917. The molecule has 0 saturated heterocycles. The molecule has 2 saturated carbocycles. The Labute approximate surface area is 91.4 Å². The minimum atomic E-state index is -0.350. The summed E-state index contributed by atoms with van der Waals surface area (Å²) in [5, 5.41) is 0. The fourth-order valence-electron chi connectivity index (χ4n) is 2.53. The zero-order chi connectivity index (χ0) is 10.9. The molecule has 2 aliphatic carbocycles. The van der Waals surface area contributed by atoms with Crippen molar-refractivity contribution in [3.05, 3.63) is 0 Å². The van der Waals surface area contributed by atoms with Crippen LogP contribution in [0.1, 0.15) is 38.5 Å². The highest BCUT2D eigenvalue weighted by Gasteiger charge is 2.50. The van der Waals surface area contributed by atoms with E-state index in [0.717, 1.165) is 31.6 Å². The molecule has 86 valence electrons. The van der Waals surface area contributed by atoms with Crippen LogP contribution in [0.3, 0.4) is 0 Å². The Bertz CT molecular complexity index is 246. The molecule has 2 aliphatic rings. The van der Waals surface area contributed by atoms with Gasteiger partial charge in [-0.2, -0.15) is 0 Å². The number of hydrogen-bond donors (Lipinski definition) is 1. The average Bonchev–Trinajstić information content (AvgIpc) is 3.10. The van der Waals surface area contributed by atoms with Crippen LogP contribution in [0.2, 0.25) is 0 Å². The maximum atomic E-state index is 11.9. The van der Waals surface area contributed by atoms with Crippen LogP contribution >= 0.6 is 0 Å². The number of ether oxygens (including phenoxy) is 1. The maximum Gasteiger partial charge on any atom is 0.313 e. The van der Waals surface area contributed by atoms with Crippen molar-refractivity contribution in [1.82, 2.24) is 0 Å². The summed E-state index contributed by atoms with van der Waals surface area (Å²) in [7, 11) is 1.48. The van der Waals surface area contributed by atoms with E-state index in [4.69, 9.17) is 10.5 Å². The Morgan fingerprint density at radius 1 is 1.40 bits per heavy atom. The monoisotopic (exact) mass is 211 g/mol. The molecule has 0 amide bonds. The lowest BCUT2D eigenvalue weighted by molar-refractivity contribution is -0.154. The molecule has 1 atom stereocenters. The number of rotatable bonds is 6. The second kappa shape index (κ2) is 4.12. The molecule has 0 heterocycles. The number of esters is 1. The van der Waals surface area contributed by atoms with E-state index >= 15 is 0 Å². The molecular formula is C12H21NO2. The van der Waals surface area contributed by atoms with Crippen molar-refractivity contribution in [3.8, 4) is 0 Å². The molecule has 0 aliphatic heterocycles. The van der Waals surface area contributed by atoms with Crippen LogP contribution in [-0.2, 0) is 9.53 Å². The van der Waals surface area contributed by atoms with Crippen molar-refractivity contribution in [2.24, 2.45) is 23.0 Å². The molecule has 2 N–H and O–H groups in total. The van der Waals surface area contributed by atoms with Crippen LogP contribution in [0, 0.1) is 17.3 Å². The van der Waals surface area contributed by atoms with Gasteiger partial charge in [0.1, 0.15) is 0 Å². The predicted molar refractivity (Wildman–Crippen MR) is 58.2 cm³/mol. The summed E-state index contributed by atoms with van der Waals surface area (Å²) in [4.78, 5) is 11.9. The lowest BCUT2D eigenvalue weighted by atomic mass is 9.77. The molecule has 0 aromatic carbocycles. The van der Waals surface area contributed by atoms with Gasteiger partial charge in [-0.3, -0.25) is 4.79 Å². The van der Waals surface area contributed by atoms with Crippen molar-refractivity contribution in [2.75, 3.05) is 13.7 Å². The van der Waals surface area contributed by atoms with Gasteiger partial charge in [0, 0.05) is 6.54 Å². The fourth-order valence-corrected chi connectivity index (χ4v) is 2.53. The number of methoxy groups -OCH3 is 1. The van der Waals surface area contributed by atoms with Gasteiger partial charge in [-0.15, -0.1) is 0 Å². The van der Waals surface area contributed by atoms with Crippen molar-refractivity contribution in [1.29, 1.82) is 0 Å². The van der Waals surface area contributed by atoms with E-state index < -0.39 is 0 Å². The summed E-state index contributed by atoms with van der Waals surface area (Å²) in [6, 6.07) is 0. The minimum Gasteiger partial charge on any atom is -0.469 e. The van der Waals surface area contributed by atoms with E-state index in [1.165, 1.54) is 20.0 Å². The van der Waals surface area contributed by atoms with Gasteiger partial charge < -0.3 is 10.5 Å². The number of carbonyl (C=O) groups is 1. The molecule has 1 unspecified atom stereocenters. The SMILES string of the molecule is COC(=O)C(CN)(CCC1CC1)C1CC1. The van der Waals surface area contributed by atoms with Crippen LogP contribution in [0.4, 0.5) is 0 Å². The van der Waals surface area contributed by atoms with Gasteiger partial charge in [0.05, 0.1) is 12.5 Å². The third-order valence-corrected chi connectivity index (χ3v) is 4.01. The zero-order valence-electron chi connectivity index (χ0n) is 9.50. The first kappa shape index (κ1) is 10.9. The number of nitrogens with two attached hydrogens (primary N) is 1. The first-order chi connectivity index (χ1) is 7.23. The topological polar surface area (TPSA) is 52.3 Å². The molecule has 0 bridgehead atoms. The second-order valence-corrected chi connectivity index (χ2v) is 5.11. The first-order valence-corrected chi connectivity index (χ1v) is 6.01. The van der Waals surface area contributed by atoms with E-state index in [1.54, 1.807) is 0 Å². The van der Waals surface area contributed by atoms with Gasteiger partial charge in [0.2, 0.25) is 0 Å². The molecule has 0 aromatic rings. The zero-order valence-corrected chi connectivity index (χ0v) is 9.50. The lowest BCUT2D eigenvalue weighted by Crippen LogP contribution is -2.41. The highest BCUT2D eigenvalue weighted by Crippen LogP contribution is 2.50. The molecule has 15 heavy (non-hydrogen) atoms. The molecule has 0 aromatic heterocycles. The highest BCUT2D eigenvalue weighted by molar-refractivity contribution is 5.78. The van der Waals surface area contributed by atoms with Crippen LogP contribution in [-0.4, -0.2) is 19.6 Å². The average molecular weight is 211 g/mol. The van der Waals surface area contributed by atoms with Crippen molar-refractivity contribution in [2.45, 2.75) is 38.5 Å². The largest absolute Gasteiger partial charge is 0.469 e. The van der Waals surface area contributed by atoms with Crippen molar-refractivity contribution >= 4 is 5.97 Å². The second-order valence-electron chi connectivity index (χ2n) is 5.11. The molecule has 2 rings (SSSR count). The minimum absolute atomic E-state index is 0.0758. The third kappa shape index (κ3) is 2.17. The summed E-state index contributed by atoms with van der Waals surface area (Å²) < 4.78 is 4.94. The Morgan fingerprint density at radius 3 is 2.47 bits per heavy atom. The maximum absolute atomic E-state index is 11.9. The van der Waals surface area contributed by atoms with Gasteiger partial charge in [0.25, 0.3) is 0 Å². The quantitative estimate of drug-likeness (QED) is 0.680. The molecule has 2 fully saturated rings. The van der Waals surface area contributed by atoms with E-state index in [9.17, 15) is 4.79 Å². The number of carbonyl (C=O) groups excluding carboxylic acids is 1.